The molecular formula is C10H12N2O3. The van der Waals surface area contributed by atoms with Gasteiger partial charge in [0.2, 0.25) is 0 Å². The zero-order valence-electron chi connectivity index (χ0n) is 8.54. The van der Waals surface area contributed by atoms with Crippen molar-refractivity contribution >= 4 is 17.8 Å². The number of carbonyl (C=O) groups is 2. The molecule has 15 heavy (non-hydrogen) atoms. The van der Waals surface area contributed by atoms with Gasteiger partial charge in [0.05, 0.1) is 6.20 Å². The van der Waals surface area contributed by atoms with Crippen molar-refractivity contribution in [2.45, 2.75) is 19.9 Å². The van der Waals surface area contributed by atoms with E-state index < -0.39 is 11.8 Å². The second-order valence-corrected chi connectivity index (χ2v) is 3.35. The van der Waals surface area contributed by atoms with Crippen LogP contribution in [-0.4, -0.2) is 26.6 Å². The van der Waals surface area contributed by atoms with Gasteiger partial charge >= 0.3 is 5.97 Å². The summed E-state index contributed by atoms with van der Waals surface area (Å²) < 4.78 is 1.73. The second-order valence-electron chi connectivity index (χ2n) is 3.35. The molecule has 1 aromatic heterocycles. The Morgan fingerprint density at radius 1 is 1.53 bits per heavy atom. The number of rotatable bonds is 4. The molecule has 0 spiro atoms. The summed E-state index contributed by atoms with van der Waals surface area (Å²) in [4.78, 5) is 21.0. The average molecular weight is 208 g/mol. The molecule has 1 rings (SSSR count). The van der Waals surface area contributed by atoms with Crippen LogP contribution >= 0.6 is 0 Å². The Kier molecular flexibility index (Phi) is 3.38. The molecule has 80 valence electrons. The van der Waals surface area contributed by atoms with Crippen LogP contribution in [0.25, 0.3) is 6.08 Å². The highest BCUT2D eigenvalue weighted by Gasteiger charge is 2.06. The molecule has 5 heteroatoms. The largest absolute Gasteiger partial charge is 0.475 e. The lowest BCUT2D eigenvalue weighted by Crippen LogP contribution is -2.08. The van der Waals surface area contributed by atoms with Crippen LogP contribution in [0.1, 0.15) is 25.5 Å². The van der Waals surface area contributed by atoms with Gasteiger partial charge in [-0.1, -0.05) is 0 Å². The Hall–Kier alpha value is -1.91. The van der Waals surface area contributed by atoms with Crippen LogP contribution in [0.5, 0.6) is 0 Å². The van der Waals surface area contributed by atoms with E-state index in [1.54, 1.807) is 17.1 Å². The van der Waals surface area contributed by atoms with Crippen LogP contribution in [0.15, 0.2) is 18.5 Å². The van der Waals surface area contributed by atoms with Crippen molar-refractivity contribution in [3.8, 4) is 0 Å². The third-order valence-corrected chi connectivity index (χ3v) is 1.79. The predicted octanol–water partition coefficient (Wildman–Crippen LogP) is 1.13. The molecule has 0 fully saturated rings. The smallest absolute Gasteiger partial charge is 0.376 e. The van der Waals surface area contributed by atoms with Crippen molar-refractivity contribution in [2.24, 2.45) is 0 Å². The van der Waals surface area contributed by atoms with E-state index >= 15 is 0 Å². The summed E-state index contributed by atoms with van der Waals surface area (Å²) in [6, 6.07) is 0.238. The number of carboxylic acids is 1. The highest BCUT2D eigenvalue weighted by molar-refractivity contribution is 6.38. The molecular weight excluding hydrogens is 196 g/mol. The fraction of sp³-hybridized carbons (Fsp3) is 0.300. The van der Waals surface area contributed by atoms with Crippen molar-refractivity contribution in [3.63, 3.8) is 0 Å². The van der Waals surface area contributed by atoms with E-state index in [1.807, 2.05) is 13.8 Å². The maximum Gasteiger partial charge on any atom is 0.376 e. The SMILES string of the molecule is CC(C)n1cc(/C=C/C(=O)C(=O)O)cn1. The van der Waals surface area contributed by atoms with Gasteiger partial charge < -0.3 is 5.11 Å². The van der Waals surface area contributed by atoms with Gasteiger partial charge in [0.15, 0.2) is 0 Å². The first kappa shape index (κ1) is 11.2. The number of ketones is 1. The predicted molar refractivity (Wildman–Crippen MR) is 54.3 cm³/mol. The Morgan fingerprint density at radius 3 is 2.67 bits per heavy atom. The first-order valence-corrected chi connectivity index (χ1v) is 4.50. The van der Waals surface area contributed by atoms with Gasteiger partial charge in [0.25, 0.3) is 5.78 Å². The summed E-state index contributed by atoms with van der Waals surface area (Å²) in [7, 11) is 0. The Bertz CT molecular complexity index is 405. The first-order chi connectivity index (χ1) is 7.00. The quantitative estimate of drug-likeness (QED) is 0.594. The zero-order valence-corrected chi connectivity index (χ0v) is 8.54. The van der Waals surface area contributed by atoms with Crippen molar-refractivity contribution in [3.05, 3.63) is 24.0 Å². The van der Waals surface area contributed by atoms with Crippen LogP contribution in [-0.2, 0) is 9.59 Å². The fourth-order valence-electron chi connectivity index (χ4n) is 0.964. The molecule has 5 nitrogen and oxygen atoms in total. The molecule has 0 saturated heterocycles. The Balaban J connectivity index is 2.73. The van der Waals surface area contributed by atoms with Crippen LogP contribution in [0.3, 0.4) is 0 Å². The second kappa shape index (κ2) is 4.54. The third kappa shape index (κ3) is 3.05. The lowest BCUT2D eigenvalue weighted by Gasteiger charge is -2.02. The normalized spacial score (nSPS) is 11.1. The highest BCUT2D eigenvalue weighted by Crippen LogP contribution is 2.06. The van der Waals surface area contributed by atoms with Gasteiger partial charge in [-0.15, -0.1) is 0 Å². The van der Waals surface area contributed by atoms with Gasteiger partial charge in [-0.3, -0.25) is 9.48 Å². The van der Waals surface area contributed by atoms with Gasteiger partial charge in [-0.05, 0) is 26.0 Å². The molecule has 0 aromatic carbocycles. The maximum atomic E-state index is 10.7. The van der Waals surface area contributed by atoms with Crippen LogP contribution in [0, 0.1) is 0 Å². The summed E-state index contributed by atoms with van der Waals surface area (Å²) in [5.41, 5.74) is 0.707. The molecule has 1 aromatic rings. The van der Waals surface area contributed by atoms with Gasteiger partial charge in [0.1, 0.15) is 0 Å². The van der Waals surface area contributed by atoms with E-state index in [0.29, 0.717) is 5.56 Å². The molecule has 0 atom stereocenters. The molecule has 0 amide bonds. The molecule has 0 aliphatic carbocycles. The molecule has 0 unspecified atom stereocenters. The summed E-state index contributed by atoms with van der Waals surface area (Å²) in [5.74, 6) is -2.39. The average Bonchev–Trinajstić information content (AvgIpc) is 2.62. The molecule has 1 N–H and O–H groups in total. The highest BCUT2D eigenvalue weighted by atomic mass is 16.4. The van der Waals surface area contributed by atoms with E-state index in [4.69, 9.17) is 5.11 Å². The molecule has 1 heterocycles. The summed E-state index contributed by atoms with van der Waals surface area (Å²) in [6.45, 7) is 3.95. The van der Waals surface area contributed by atoms with E-state index in [9.17, 15) is 9.59 Å². The summed E-state index contributed by atoms with van der Waals surface area (Å²) in [6.07, 6.45) is 5.77. The number of nitrogens with zero attached hydrogens (tertiary/aromatic N) is 2. The number of carbonyl (C=O) groups excluding carboxylic acids is 1. The van der Waals surface area contributed by atoms with Crippen LogP contribution in [0.4, 0.5) is 0 Å². The van der Waals surface area contributed by atoms with Gasteiger partial charge in [-0.25, -0.2) is 4.79 Å². The lowest BCUT2D eigenvalue weighted by molar-refractivity contribution is -0.146. The Labute approximate surface area is 87.0 Å². The standard InChI is InChI=1S/C10H12N2O3/c1-7(2)12-6-8(5-11-12)3-4-9(13)10(14)15/h3-7H,1-2H3,(H,14,15)/b4-3+. The minimum Gasteiger partial charge on any atom is -0.475 e. The number of aliphatic carboxylic acids is 1. The van der Waals surface area contributed by atoms with Gasteiger partial charge in [0, 0.05) is 17.8 Å². The minimum atomic E-state index is -1.46. The van der Waals surface area contributed by atoms with Gasteiger partial charge in [-0.2, -0.15) is 5.10 Å². The molecule has 0 aliphatic rings. The lowest BCUT2D eigenvalue weighted by atomic mass is 10.3. The van der Waals surface area contributed by atoms with E-state index in [2.05, 4.69) is 5.10 Å². The minimum absolute atomic E-state index is 0.238. The zero-order chi connectivity index (χ0) is 11.4. The van der Waals surface area contributed by atoms with E-state index in [1.165, 1.54) is 6.08 Å². The van der Waals surface area contributed by atoms with E-state index in [-0.39, 0.29) is 6.04 Å². The molecule has 0 saturated carbocycles. The number of aromatic nitrogens is 2. The number of carboxylic acid groups (broad SMARTS) is 1. The number of hydrogen-bond acceptors (Lipinski definition) is 3. The third-order valence-electron chi connectivity index (χ3n) is 1.79. The van der Waals surface area contributed by atoms with Crippen molar-refractivity contribution in [1.82, 2.24) is 9.78 Å². The first-order valence-electron chi connectivity index (χ1n) is 4.50. The monoisotopic (exact) mass is 208 g/mol. The fourth-order valence-corrected chi connectivity index (χ4v) is 0.964. The van der Waals surface area contributed by atoms with Crippen molar-refractivity contribution in [2.75, 3.05) is 0 Å². The summed E-state index contributed by atoms with van der Waals surface area (Å²) >= 11 is 0. The van der Waals surface area contributed by atoms with Crippen LogP contribution < -0.4 is 0 Å². The molecule has 0 bridgehead atoms. The van der Waals surface area contributed by atoms with Crippen LogP contribution in [0.2, 0.25) is 0 Å². The number of hydrogen-bond donors (Lipinski definition) is 1. The molecule has 0 aliphatic heterocycles. The molecule has 0 radical (unpaired) electrons. The van der Waals surface area contributed by atoms with E-state index in [0.717, 1.165) is 6.08 Å². The van der Waals surface area contributed by atoms with Crippen molar-refractivity contribution in [1.29, 1.82) is 0 Å². The van der Waals surface area contributed by atoms with Crippen molar-refractivity contribution < 1.29 is 14.7 Å². The topological polar surface area (TPSA) is 72.2 Å². The Morgan fingerprint density at radius 2 is 2.20 bits per heavy atom. The maximum absolute atomic E-state index is 10.7. The summed E-state index contributed by atoms with van der Waals surface area (Å²) in [5, 5.41) is 12.4.